The van der Waals surface area contributed by atoms with Gasteiger partial charge in [-0.15, -0.1) is 0 Å². The number of phenols is 1. The highest BCUT2D eigenvalue weighted by atomic mass is 127. The standard InChI is InChI=1S/C17H10F3I4NO5/c18-17(19,20)16(29)25-9(15(27)28)5-6-3-7(21)14(8(22)4-6)30-11-2-1-10(26)12(23)13(11)24/h1-4,9,26H,5H2,(H,25,29)(H,27,28). The van der Waals surface area contributed by atoms with Gasteiger partial charge in [-0.1, -0.05) is 0 Å². The lowest BCUT2D eigenvalue weighted by atomic mass is 10.1. The van der Waals surface area contributed by atoms with E-state index in [1.54, 1.807) is 18.2 Å². The monoisotopic (exact) mass is 873 g/mol. The summed E-state index contributed by atoms with van der Waals surface area (Å²) in [6, 6.07) is 4.51. The maximum Gasteiger partial charge on any atom is 0.471 e. The van der Waals surface area contributed by atoms with E-state index in [4.69, 9.17) is 4.74 Å². The van der Waals surface area contributed by atoms with Crippen LogP contribution >= 0.6 is 90.4 Å². The lowest BCUT2D eigenvalue weighted by Crippen LogP contribution is -2.47. The topological polar surface area (TPSA) is 95.9 Å². The summed E-state index contributed by atoms with van der Waals surface area (Å²) >= 11 is 7.96. The number of aliphatic carboxylic acids is 1. The second-order valence-electron chi connectivity index (χ2n) is 5.77. The minimum Gasteiger partial charge on any atom is -0.507 e. The van der Waals surface area contributed by atoms with Crippen molar-refractivity contribution >= 4 is 102 Å². The molecule has 6 nitrogen and oxygen atoms in total. The summed E-state index contributed by atoms with van der Waals surface area (Å²) in [6.07, 6.45) is -5.51. The van der Waals surface area contributed by atoms with Crippen molar-refractivity contribution in [1.82, 2.24) is 5.32 Å². The molecule has 2 rings (SSSR count). The van der Waals surface area contributed by atoms with Gasteiger partial charge in [-0.05, 0) is 120 Å². The van der Waals surface area contributed by atoms with Crippen LogP contribution in [0.25, 0.3) is 0 Å². The quantitative estimate of drug-likeness (QED) is 0.344. The van der Waals surface area contributed by atoms with Gasteiger partial charge in [0.2, 0.25) is 0 Å². The molecule has 0 spiro atoms. The predicted octanol–water partition coefficient (Wildman–Crippen LogP) is 5.28. The summed E-state index contributed by atoms with van der Waals surface area (Å²) in [5, 5.41) is 20.4. The van der Waals surface area contributed by atoms with Crippen molar-refractivity contribution in [2.24, 2.45) is 0 Å². The number of carboxylic acid groups (broad SMARTS) is 1. The fourth-order valence-electron chi connectivity index (χ4n) is 2.21. The Balaban J connectivity index is 2.28. The average molecular weight is 873 g/mol. The van der Waals surface area contributed by atoms with Crippen molar-refractivity contribution in [2.45, 2.75) is 18.6 Å². The van der Waals surface area contributed by atoms with Gasteiger partial charge in [-0.2, -0.15) is 13.2 Å². The van der Waals surface area contributed by atoms with E-state index in [1.165, 1.54) is 11.4 Å². The van der Waals surface area contributed by atoms with Gasteiger partial charge in [0, 0.05) is 6.42 Å². The van der Waals surface area contributed by atoms with Gasteiger partial charge in [-0.25, -0.2) is 4.79 Å². The van der Waals surface area contributed by atoms with Crippen LogP contribution < -0.4 is 10.1 Å². The van der Waals surface area contributed by atoms with Crippen molar-refractivity contribution in [3.8, 4) is 17.2 Å². The largest absolute Gasteiger partial charge is 0.507 e. The number of alkyl halides is 3. The zero-order chi connectivity index (χ0) is 22.8. The number of aromatic hydroxyl groups is 1. The number of ether oxygens (including phenoxy) is 1. The minimum absolute atomic E-state index is 0.118. The summed E-state index contributed by atoms with van der Waals surface area (Å²) in [4.78, 5) is 22.4. The van der Waals surface area contributed by atoms with Gasteiger partial charge in [-0.3, -0.25) is 4.79 Å². The third kappa shape index (κ3) is 6.59. The zero-order valence-electron chi connectivity index (χ0n) is 14.4. The molecule has 162 valence electrons. The number of benzene rings is 2. The molecule has 0 aliphatic rings. The number of phenolic OH excluding ortho intramolecular Hbond substituents is 1. The molecule has 1 amide bonds. The molecule has 0 saturated carbocycles. The highest BCUT2D eigenvalue weighted by Gasteiger charge is 2.40. The summed E-state index contributed by atoms with van der Waals surface area (Å²) < 4.78 is 45.8. The first-order valence-corrected chi connectivity index (χ1v) is 12.1. The molecule has 0 aliphatic heterocycles. The van der Waals surface area contributed by atoms with Crippen LogP contribution in [0.15, 0.2) is 24.3 Å². The minimum atomic E-state index is -5.17. The van der Waals surface area contributed by atoms with Gasteiger partial charge in [0.1, 0.15) is 17.5 Å². The van der Waals surface area contributed by atoms with Crippen LogP contribution in [0, 0.1) is 14.3 Å². The maximum atomic E-state index is 12.4. The van der Waals surface area contributed by atoms with Gasteiger partial charge in [0.05, 0.1) is 14.3 Å². The van der Waals surface area contributed by atoms with E-state index < -0.39 is 24.1 Å². The van der Waals surface area contributed by atoms with Crippen LogP contribution in [0.5, 0.6) is 17.2 Å². The summed E-state index contributed by atoms with van der Waals surface area (Å²) in [6.45, 7) is 0. The molecule has 0 fully saturated rings. The van der Waals surface area contributed by atoms with E-state index in [9.17, 15) is 33.0 Å². The summed E-state index contributed by atoms with van der Waals surface area (Å²) in [5.74, 6) is -2.79. The molecule has 3 N–H and O–H groups in total. The number of halogens is 7. The van der Waals surface area contributed by atoms with Gasteiger partial charge in [0.15, 0.2) is 5.75 Å². The first kappa shape index (κ1) is 25.9. The second-order valence-corrected chi connectivity index (χ2v) is 10.2. The molecule has 13 heteroatoms. The fourth-order valence-corrected chi connectivity index (χ4v) is 5.34. The Hall–Kier alpha value is -0.310. The van der Waals surface area contributed by atoms with Crippen molar-refractivity contribution in [3.05, 3.63) is 44.1 Å². The molecule has 0 bridgehead atoms. The zero-order valence-corrected chi connectivity index (χ0v) is 23.0. The normalized spacial score (nSPS) is 12.4. The fraction of sp³-hybridized carbons (Fsp3) is 0.176. The lowest BCUT2D eigenvalue weighted by Gasteiger charge is -2.18. The molecule has 0 heterocycles. The highest BCUT2D eigenvalue weighted by Crippen LogP contribution is 2.38. The number of hydrogen-bond donors (Lipinski definition) is 3. The number of carboxylic acids is 1. The Kier molecular flexibility index (Phi) is 9.11. The smallest absolute Gasteiger partial charge is 0.471 e. The Morgan fingerprint density at radius 2 is 1.63 bits per heavy atom. The molecular formula is C17H10F3I4NO5. The van der Waals surface area contributed by atoms with Crippen LogP contribution in [-0.2, 0) is 16.0 Å². The van der Waals surface area contributed by atoms with Crippen LogP contribution in [0.2, 0.25) is 0 Å². The van der Waals surface area contributed by atoms with E-state index >= 15 is 0 Å². The molecule has 0 aromatic heterocycles. The second kappa shape index (κ2) is 10.5. The third-order valence-corrected chi connectivity index (χ3v) is 8.39. The molecule has 30 heavy (non-hydrogen) atoms. The summed E-state index contributed by atoms with van der Waals surface area (Å²) in [7, 11) is 0. The lowest BCUT2D eigenvalue weighted by molar-refractivity contribution is -0.175. The SMILES string of the molecule is O=C(O)C(Cc1cc(I)c(Oc2ccc(O)c(I)c2I)c(I)c1)NC(=O)C(F)(F)F. The van der Waals surface area contributed by atoms with Gasteiger partial charge < -0.3 is 20.3 Å². The van der Waals surface area contributed by atoms with E-state index in [1.807, 2.05) is 90.4 Å². The average Bonchev–Trinajstić information content (AvgIpc) is 2.63. The number of rotatable bonds is 6. The molecule has 0 aliphatic carbocycles. The number of carbonyl (C=O) groups is 2. The van der Waals surface area contributed by atoms with Crippen LogP contribution in [0.1, 0.15) is 5.56 Å². The molecule has 2 aromatic carbocycles. The predicted molar refractivity (Wildman–Crippen MR) is 135 cm³/mol. The molecule has 0 radical (unpaired) electrons. The van der Waals surface area contributed by atoms with Crippen LogP contribution in [0.3, 0.4) is 0 Å². The van der Waals surface area contributed by atoms with Crippen molar-refractivity contribution < 1.29 is 37.7 Å². The van der Waals surface area contributed by atoms with Gasteiger partial charge in [0.25, 0.3) is 0 Å². The number of hydrogen-bond acceptors (Lipinski definition) is 4. The van der Waals surface area contributed by atoms with E-state index in [-0.39, 0.29) is 12.2 Å². The number of nitrogens with one attached hydrogen (secondary N) is 1. The Morgan fingerprint density at radius 1 is 1.07 bits per heavy atom. The van der Waals surface area contributed by atoms with Crippen molar-refractivity contribution in [1.29, 1.82) is 0 Å². The Bertz CT molecular complexity index is 977. The third-order valence-electron chi connectivity index (χ3n) is 3.60. The van der Waals surface area contributed by atoms with E-state index in [0.29, 0.717) is 31.3 Å². The maximum absolute atomic E-state index is 12.4. The Morgan fingerprint density at radius 3 is 2.13 bits per heavy atom. The molecule has 0 saturated heterocycles. The molecule has 1 atom stereocenters. The highest BCUT2D eigenvalue weighted by molar-refractivity contribution is 14.1. The Labute approximate surface area is 222 Å². The van der Waals surface area contributed by atoms with E-state index in [0.717, 1.165) is 0 Å². The number of carbonyl (C=O) groups excluding carboxylic acids is 1. The summed E-state index contributed by atoms with van der Waals surface area (Å²) in [5.41, 5.74) is 0.418. The van der Waals surface area contributed by atoms with Crippen LogP contribution in [-0.4, -0.2) is 34.3 Å². The molecule has 1 unspecified atom stereocenters. The van der Waals surface area contributed by atoms with Crippen molar-refractivity contribution in [2.75, 3.05) is 0 Å². The van der Waals surface area contributed by atoms with Crippen LogP contribution in [0.4, 0.5) is 13.2 Å². The first-order chi connectivity index (χ1) is 13.8. The van der Waals surface area contributed by atoms with Gasteiger partial charge >= 0.3 is 18.1 Å². The van der Waals surface area contributed by atoms with E-state index in [2.05, 4.69) is 0 Å². The van der Waals surface area contributed by atoms with Crippen molar-refractivity contribution in [3.63, 3.8) is 0 Å². The first-order valence-electron chi connectivity index (χ1n) is 7.74. The number of amides is 1. The molecular weight excluding hydrogens is 863 g/mol. The molecule has 2 aromatic rings.